The molecule has 0 fully saturated rings. The number of nitrogens with two attached hydrogens (primary N) is 2. The molecule has 1 heterocycles. The van der Waals surface area contributed by atoms with E-state index in [1.165, 1.54) is 5.56 Å². The molecule has 1 atom stereocenters. The van der Waals surface area contributed by atoms with E-state index in [0.29, 0.717) is 5.82 Å². The van der Waals surface area contributed by atoms with E-state index in [4.69, 9.17) is 11.5 Å². The number of nitrogen functional groups attached to an aromatic ring is 1. The van der Waals surface area contributed by atoms with Crippen molar-refractivity contribution in [2.24, 2.45) is 5.73 Å². The summed E-state index contributed by atoms with van der Waals surface area (Å²) < 4.78 is 0. The van der Waals surface area contributed by atoms with Crippen LogP contribution in [0.4, 0.5) is 5.82 Å². The molecule has 0 amide bonds. The fourth-order valence-electron chi connectivity index (χ4n) is 1.81. The molecular weight excluding hydrogens is 150 g/mol. The maximum absolute atomic E-state index is 5.90. The lowest BCUT2D eigenvalue weighted by molar-refractivity contribution is 0.713. The molecule has 0 aliphatic heterocycles. The number of hydrogen-bond donors (Lipinski definition) is 2. The summed E-state index contributed by atoms with van der Waals surface area (Å²) in [6, 6.07) is 2.22. The first-order valence-corrected chi connectivity index (χ1v) is 4.20. The van der Waals surface area contributed by atoms with Gasteiger partial charge in [-0.2, -0.15) is 0 Å². The third-order valence-corrected chi connectivity index (χ3v) is 2.42. The molecule has 3 heteroatoms. The molecule has 4 N–H and O–H groups in total. The molecule has 1 aliphatic rings. The SMILES string of the molecule is Cc1cc2c(c(N)n1)CC[C@H]2N. The smallest absolute Gasteiger partial charge is 0.127 e. The fraction of sp³-hybridized carbons (Fsp3) is 0.444. The van der Waals surface area contributed by atoms with Crippen LogP contribution >= 0.6 is 0 Å². The Morgan fingerprint density at radius 2 is 2.33 bits per heavy atom. The van der Waals surface area contributed by atoms with Crippen molar-refractivity contribution in [3.63, 3.8) is 0 Å². The predicted molar refractivity (Wildman–Crippen MR) is 48.6 cm³/mol. The average Bonchev–Trinajstić information content (AvgIpc) is 2.33. The van der Waals surface area contributed by atoms with E-state index in [-0.39, 0.29) is 6.04 Å². The predicted octanol–water partition coefficient (Wildman–Crippen LogP) is 0.918. The molecule has 64 valence electrons. The largest absolute Gasteiger partial charge is 0.383 e. The van der Waals surface area contributed by atoms with Gasteiger partial charge in [-0.05, 0) is 37.0 Å². The monoisotopic (exact) mass is 163 g/mol. The van der Waals surface area contributed by atoms with Gasteiger partial charge in [0.15, 0.2) is 0 Å². The van der Waals surface area contributed by atoms with Gasteiger partial charge < -0.3 is 11.5 Å². The number of rotatable bonds is 0. The van der Waals surface area contributed by atoms with Crippen molar-refractivity contribution in [3.8, 4) is 0 Å². The zero-order chi connectivity index (χ0) is 8.72. The zero-order valence-electron chi connectivity index (χ0n) is 7.17. The number of anilines is 1. The van der Waals surface area contributed by atoms with Crippen molar-refractivity contribution in [1.82, 2.24) is 4.98 Å². The van der Waals surface area contributed by atoms with Gasteiger partial charge in [-0.3, -0.25) is 0 Å². The second kappa shape index (κ2) is 2.45. The summed E-state index contributed by atoms with van der Waals surface area (Å²) in [6.45, 7) is 1.95. The van der Waals surface area contributed by atoms with Gasteiger partial charge in [0.1, 0.15) is 5.82 Å². The van der Waals surface area contributed by atoms with E-state index in [1.54, 1.807) is 0 Å². The van der Waals surface area contributed by atoms with Crippen molar-refractivity contribution in [1.29, 1.82) is 0 Å². The van der Waals surface area contributed by atoms with Crippen molar-refractivity contribution in [3.05, 3.63) is 22.9 Å². The van der Waals surface area contributed by atoms with Gasteiger partial charge in [0, 0.05) is 11.7 Å². The van der Waals surface area contributed by atoms with Crippen LogP contribution in [-0.4, -0.2) is 4.98 Å². The summed E-state index contributed by atoms with van der Waals surface area (Å²) in [4.78, 5) is 4.20. The Kier molecular flexibility index (Phi) is 1.54. The molecule has 12 heavy (non-hydrogen) atoms. The van der Waals surface area contributed by atoms with Crippen molar-refractivity contribution < 1.29 is 0 Å². The Morgan fingerprint density at radius 3 is 3.08 bits per heavy atom. The number of aromatic nitrogens is 1. The first kappa shape index (κ1) is 7.55. The van der Waals surface area contributed by atoms with E-state index < -0.39 is 0 Å². The van der Waals surface area contributed by atoms with Crippen LogP contribution in [0.15, 0.2) is 6.07 Å². The van der Waals surface area contributed by atoms with E-state index in [1.807, 2.05) is 13.0 Å². The summed E-state index contributed by atoms with van der Waals surface area (Å²) >= 11 is 0. The molecule has 3 nitrogen and oxygen atoms in total. The topological polar surface area (TPSA) is 64.9 Å². The summed E-state index contributed by atoms with van der Waals surface area (Å²) in [7, 11) is 0. The van der Waals surface area contributed by atoms with Gasteiger partial charge >= 0.3 is 0 Å². The Morgan fingerprint density at radius 1 is 1.58 bits per heavy atom. The number of hydrogen-bond acceptors (Lipinski definition) is 3. The van der Waals surface area contributed by atoms with E-state index in [0.717, 1.165) is 24.1 Å². The Hall–Kier alpha value is -1.09. The molecule has 1 aliphatic carbocycles. The van der Waals surface area contributed by atoms with Crippen LogP contribution in [0.1, 0.15) is 29.3 Å². The number of fused-ring (bicyclic) bond motifs is 1. The third-order valence-electron chi connectivity index (χ3n) is 2.42. The first-order valence-electron chi connectivity index (χ1n) is 4.20. The minimum Gasteiger partial charge on any atom is -0.383 e. The maximum atomic E-state index is 5.90. The summed E-state index contributed by atoms with van der Waals surface area (Å²) in [5.41, 5.74) is 15.0. The highest BCUT2D eigenvalue weighted by molar-refractivity contribution is 5.49. The molecule has 0 radical (unpaired) electrons. The molecule has 0 aromatic carbocycles. The van der Waals surface area contributed by atoms with Gasteiger partial charge in [-0.15, -0.1) is 0 Å². The van der Waals surface area contributed by atoms with Gasteiger partial charge in [0.25, 0.3) is 0 Å². The van der Waals surface area contributed by atoms with Crippen molar-refractivity contribution >= 4 is 5.82 Å². The van der Waals surface area contributed by atoms with Gasteiger partial charge in [-0.25, -0.2) is 4.98 Å². The average molecular weight is 163 g/mol. The van der Waals surface area contributed by atoms with Crippen LogP contribution in [0.2, 0.25) is 0 Å². The summed E-state index contributed by atoms with van der Waals surface area (Å²) in [5.74, 6) is 0.665. The summed E-state index contributed by atoms with van der Waals surface area (Å²) in [6.07, 6.45) is 1.99. The van der Waals surface area contributed by atoms with Crippen LogP contribution in [0.5, 0.6) is 0 Å². The van der Waals surface area contributed by atoms with Gasteiger partial charge in [-0.1, -0.05) is 0 Å². The third kappa shape index (κ3) is 0.975. The van der Waals surface area contributed by atoms with E-state index in [2.05, 4.69) is 4.98 Å². The number of aryl methyl sites for hydroxylation is 1. The molecular formula is C9H13N3. The highest BCUT2D eigenvalue weighted by Crippen LogP contribution is 2.32. The van der Waals surface area contributed by atoms with Crippen LogP contribution in [0, 0.1) is 6.92 Å². The number of pyridine rings is 1. The second-order valence-electron chi connectivity index (χ2n) is 3.36. The zero-order valence-corrected chi connectivity index (χ0v) is 7.17. The van der Waals surface area contributed by atoms with E-state index in [9.17, 15) is 0 Å². The lowest BCUT2D eigenvalue weighted by Gasteiger charge is -2.06. The fourth-order valence-corrected chi connectivity index (χ4v) is 1.81. The standard InChI is InChI=1S/C9H13N3/c1-5-4-7-6(9(11)12-5)2-3-8(7)10/h4,8H,2-3,10H2,1H3,(H2,11,12)/t8-/m1/s1. The lowest BCUT2D eigenvalue weighted by atomic mass is 10.1. The first-order chi connectivity index (χ1) is 5.68. The van der Waals surface area contributed by atoms with Crippen LogP contribution in [0.3, 0.4) is 0 Å². The number of nitrogens with zero attached hydrogens (tertiary/aromatic N) is 1. The van der Waals surface area contributed by atoms with Crippen LogP contribution in [-0.2, 0) is 6.42 Å². The van der Waals surface area contributed by atoms with Gasteiger partial charge in [0.05, 0.1) is 0 Å². The molecule has 1 aromatic rings. The Balaban J connectivity index is 2.60. The van der Waals surface area contributed by atoms with Gasteiger partial charge in [0.2, 0.25) is 0 Å². The van der Waals surface area contributed by atoms with Crippen LogP contribution in [0.25, 0.3) is 0 Å². The molecule has 2 rings (SSSR count). The molecule has 0 spiro atoms. The summed E-state index contributed by atoms with van der Waals surface area (Å²) in [5, 5.41) is 0. The lowest BCUT2D eigenvalue weighted by Crippen LogP contribution is -2.07. The van der Waals surface area contributed by atoms with Crippen molar-refractivity contribution in [2.45, 2.75) is 25.8 Å². The van der Waals surface area contributed by atoms with Crippen LogP contribution < -0.4 is 11.5 Å². The molecule has 0 unspecified atom stereocenters. The Labute approximate surface area is 71.8 Å². The minimum atomic E-state index is 0.170. The molecule has 1 aromatic heterocycles. The quantitative estimate of drug-likeness (QED) is 0.597. The molecule has 0 saturated carbocycles. The normalized spacial score (nSPS) is 21.0. The molecule has 0 bridgehead atoms. The van der Waals surface area contributed by atoms with E-state index >= 15 is 0 Å². The highest BCUT2D eigenvalue weighted by atomic mass is 14.9. The minimum absolute atomic E-state index is 0.170. The molecule has 0 saturated heterocycles. The highest BCUT2D eigenvalue weighted by Gasteiger charge is 2.21. The maximum Gasteiger partial charge on any atom is 0.127 e. The van der Waals surface area contributed by atoms with Crippen molar-refractivity contribution in [2.75, 3.05) is 5.73 Å². The Bertz CT molecular complexity index is 320. The second-order valence-corrected chi connectivity index (χ2v) is 3.36.